The van der Waals surface area contributed by atoms with Crippen molar-refractivity contribution in [2.24, 2.45) is 0 Å². The molecule has 0 bridgehead atoms. The highest BCUT2D eigenvalue weighted by atomic mass is 79.9. The Kier molecular flexibility index (Phi) is 3.05. The summed E-state index contributed by atoms with van der Waals surface area (Å²) in [5.74, 6) is 0. The molecule has 0 aliphatic heterocycles. The molecule has 2 rings (SSSR count). The lowest BCUT2D eigenvalue weighted by atomic mass is 10.7. The Morgan fingerprint density at radius 3 is 2.57 bits per heavy atom. The molecular weight excluding hydrogens is 264 g/mol. The van der Waals surface area contributed by atoms with Crippen LogP contribution < -0.4 is 0 Å². The summed E-state index contributed by atoms with van der Waals surface area (Å²) >= 11 is 4.67. The Morgan fingerprint density at radius 1 is 1.14 bits per heavy atom. The second-order valence-corrected chi connectivity index (χ2v) is 4.24. The zero-order chi connectivity index (χ0) is 9.80. The van der Waals surface area contributed by atoms with E-state index in [1.165, 1.54) is 18.1 Å². The molecule has 14 heavy (non-hydrogen) atoms. The van der Waals surface area contributed by atoms with Gasteiger partial charge in [-0.25, -0.2) is 19.9 Å². The lowest BCUT2D eigenvalue weighted by Crippen LogP contribution is -1.86. The summed E-state index contributed by atoms with van der Waals surface area (Å²) in [5.41, 5.74) is 0. The van der Waals surface area contributed by atoms with Gasteiger partial charge in [0.05, 0.1) is 4.47 Å². The molecule has 0 radical (unpaired) electrons. The van der Waals surface area contributed by atoms with Gasteiger partial charge in [-0.15, -0.1) is 0 Å². The Labute approximate surface area is 93.4 Å². The second kappa shape index (κ2) is 4.47. The summed E-state index contributed by atoms with van der Waals surface area (Å²) in [6.45, 7) is 0. The van der Waals surface area contributed by atoms with E-state index in [2.05, 4.69) is 35.9 Å². The van der Waals surface area contributed by atoms with Crippen LogP contribution in [-0.4, -0.2) is 19.9 Å². The highest BCUT2D eigenvalue weighted by Gasteiger charge is 2.00. The van der Waals surface area contributed by atoms with Crippen LogP contribution in [0.15, 0.2) is 45.6 Å². The van der Waals surface area contributed by atoms with E-state index < -0.39 is 0 Å². The van der Waals surface area contributed by atoms with E-state index in [1.807, 2.05) is 6.07 Å². The van der Waals surface area contributed by atoms with Gasteiger partial charge in [0.25, 0.3) is 0 Å². The van der Waals surface area contributed by atoms with Crippen LogP contribution in [0.4, 0.5) is 0 Å². The van der Waals surface area contributed by atoms with Crippen molar-refractivity contribution in [2.75, 3.05) is 0 Å². The summed E-state index contributed by atoms with van der Waals surface area (Å²) in [5, 5.41) is 1.51. The zero-order valence-electron chi connectivity index (χ0n) is 6.96. The summed E-state index contributed by atoms with van der Waals surface area (Å²) in [7, 11) is 0. The van der Waals surface area contributed by atoms with Crippen molar-refractivity contribution >= 4 is 27.7 Å². The van der Waals surface area contributed by atoms with Crippen LogP contribution >= 0.6 is 27.7 Å². The van der Waals surface area contributed by atoms with Crippen LogP contribution in [0.3, 0.4) is 0 Å². The molecular formula is C8H5BrN4S. The molecule has 0 atom stereocenters. The van der Waals surface area contributed by atoms with Gasteiger partial charge in [0, 0.05) is 18.6 Å². The van der Waals surface area contributed by atoms with Gasteiger partial charge in [0.2, 0.25) is 0 Å². The molecule has 0 saturated heterocycles. The molecule has 4 nitrogen and oxygen atoms in total. The number of hydrogen-bond acceptors (Lipinski definition) is 5. The third-order valence-electron chi connectivity index (χ3n) is 1.35. The van der Waals surface area contributed by atoms with Crippen LogP contribution in [0.25, 0.3) is 0 Å². The first-order valence-electron chi connectivity index (χ1n) is 3.76. The molecule has 0 aliphatic carbocycles. The van der Waals surface area contributed by atoms with Gasteiger partial charge in [0.1, 0.15) is 11.4 Å². The standard InChI is InChI=1S/C8H5BrN4S/c9-6-3-11-8(12-4-6)14-7-1-2-10-5-13-7/h1-5H. The topological polar surface area (TPSA) is 51.6 Å². The molecule has 6 heteroatoms. The molecule has 0 spiro atoms. The average Bonchev–Trinajstić information content (AvgIpc) is 2.23. The van der Waals surface area contributed by atoms with E-state index >= 15 is 0 Å². The van der Waals surface area contributed by atoms with Gasteiger partial charge in [-0.1, -0.05) is 0 Å². The number of nitrogens with zero attached hydrogens (tertiary/aromatic N) is 4. The maximum Gasteiger partial charge on any atom is 0.193 e. The number of aromatic nitrogens is 4. The van der Waals surface area contributed by atoms with Gasteiger partial charge >= 0.3 is 0 Å². The maximum absolute atomic E-state index is 4.12. The van der Waals surface area contributed by atoms with Gasteiger partial charge < -0.3 is 0 Å². The molecule has 70 valence electrons. The van der Waals surface area contributed by atoms with E-state index in [9.17, 15) is 0 Å². The third kappa shape index (κ3) is 2.49. The van der Waals surface area contributed by atoms with Crippen LogP contribution in [0.1, 0.15) is 0 Å². The molecule has 0 aliphatic rings. The molecule has 2 heterocycles. The minimum absolute atomic E-state index is 0.673. The number of rotatable bonds is 2. The summed E-state index contributed by atoms with van der Waals surface area (Å²) < 4.78 is 0.865. The monoisotopic (exact) mass is 268 g/mol. The molecule has 0 unspecified atom stereocenters. The maximum atomic E-state index is 4.12. The van der Waals surface area contributed by atoms with E-state index in [4.69, 9.17) is 0 Å². The number of halogens is 1. The van der Waals surface area contributed by atoms with Crippen molar-refractivity contribution in [3.05, 3.63) is 35.5 Å². The molecule has 0 saturated carbocycles. The first kappa shape index (κ1) is 9.54. The lowest BCUT2D eigenvalue weighted by molar-refractivity contribution is 0.948. The largest absolute Gasteiger partial charge is 0.245 e. The van der Waals surface area contributed by atoms with Crippen molar-refractivity contribution in [1.82, 2.24) is 19.9 Å². The van der Waals surface area contributed by atoms with Crippen LogP contribution in [-0.2, 0) is 0 Å². The van der Waals surface area contributed by atoms with E-state index in [0.717, 1.165) is 9.50 Å². The smallest absolute Gasteiger partial charge is 0.193 e. The fourth-order valence-corrected chi connectivity index (χ4v) is 1.62. The first-order valence-corrected chi connectivity index (χ1v) is 5.37. The van der Waals surface area contributed by atoms with Gasteiger partial charge in [-0.3, -0.25) is 0 Å². The molecule has 2 aromatic heterocycles. The van der Waals surface area contributed by atoms with Crippen LogP contribution in [0, 0.1) is 0 Å². The SMILES string of the molecule is Brc1cnc(Sc2ccncn2)nc1. The Bertz CT molecular complexity index is 405. The van der Waals surface area contributed by atoms with Gasteiger partial charge in [-0.2, -0.15) is 0 Å². The molecule has 0 aromatic carbocycles. The van der Waals surface area contributed by atoms with Gasteiger partial charge in [-0.05, 0) is 33.8 Å². The minimum Gasteiger partial charge on any atom is -0.245 e. The highest BCUT2D eigenvalue weighted by Crippen LogP contribution is 2.21. The second-order valence-electron chi connectivity index (χ2n) is 2.33. The van der Waals surface area contributed by atoms with E-state index in [0.29, 0.717) is 5.16 Å². The fraction of sp³-hybridized carbons (Fsp3) is 0. The van der Waals surface area contributed by atoms with Crippen molar-refractivity contribution in [3.63, 3.8) is 0 Å². The summed E-state index contributed by atoms with van der Waals surface area (Å²) in [6.07, 6.45) is 6.60. The van der Waals surface area contributed by atoms with Crippen molar-refractivity contribution < 1.29 is 0 Å². The van der Waals surface area contributed by atoms with Gasteiger partial charge in [0.15, 0.2) is 5.16 Å². The average molecular weight is 269 g/mol. The Hall–Kier alpha value is -1.01. The summed E-state index contributed by atoms with van der Waals surface area (Å²) in [4.78, 5) is 16.1. The Balaban J connectivity index is 2.16. The van der Waals surface area contributed by atoms with Crippen molar-refractivity contribution in [1.29, 1.82) is 0 Å². The quantitative estimate of drug-likeness (QED) is 0.617. The van der Waals surface area contributed by atoms with E-state index in [1.54, 1.807) is 18.6 Å². The van der Waals surface area contributed by atoms with Crippen molar-refractivity contribution in [3.8, 4) is 0 Å². The molecule has 0 fully saturated rings. The summed E-state index contributed by atoms with van der Waals surface area (Å²) in [6, 6.07) is 1.82. The van der Waals surface area contributed by atoms with Crippen LogP contribution in [0.5, 0.6) is 0 Å². The third-order valence-corrected chi connectivity index (χ3v) is 2.60. The Morgan fingerprint density at radius 2 is 1.93 bits per heavy atom. The molecule has 2 aromatic rings. The van der Waals surface area contributed by atoms with Crippen molar-refractivity contribution in [2.45, 2.75) is 10.2 Å². The van der Waals surface area contributed by atoms with E-state index in [-0.39, 0.29) is 0 Å². The fourth-order valence-electron chi connectivity index (χ4n) is 0.786. The first-order chi connectivity index (χ1) is 6.84. The molecule has 0 N–H and O–H groups in total. The predicted octanol–water partition coefficient (Wildman–Crippen LogP) is 2.18. The number of hydrogen-bond donors (Lipinski definition) is 0. The zero-order valence-corrected chi connectivity index (χ0v) is 9.36. The normalized spacial score (nSPS) is 10.1. The lowest BCUT2D eigenvalue weighted by Gasteiger charge is -1.97. The highest BCUT2D eigenvalue weighted by molar-refractivity contribution is 9.10. The van der Waals surface area contributed by atoms with Crippen LogP contribution in [0.2, 0.25) is 0 Å². The minimum atomic E-state index is 0.673. The predicted molar refractivity (Wildman–Crippen MR) is 55.9 cm³/mol. The molecule has 0 amide bonds.